The van der Waals surface area contributed by atoms with Crippen LogP contribution in [0.15, 0.2) is 66.9 Å². The average molecular weight is 460 g/mol. The molecule has 0 aliphatic carbocycles. The Morgan fingerprint density at radius 2 is 1.16 bits per heavy atom. The zero-order chi connectivity index (χ0) is 21.6. The number of pyridine rings is 1. The number of benzene rings is 2. The van der Waals surface area contributed by atoms with E-state index in [-0.39, 0.29) is 48.4 Å². The Morgan fingerprint density at radius 3 is 1.66 bits per heavy atom. The first-order chi connectivity index (χ1) is 15.0. The highest BCUT2D eigenvalue weighted by atomic mass is 35.5. The number of nitrogens with one attached hydrogen (secondary N) is 3. The van der Waals surface area contributed by atoms with Gasteiger partial charge in [0.25, 0.3) is 0 Å². The molecule has 0 unspecified atom stereocenters. The SMILES string of the molecule is Cl.Fc1ccc(Nc2nc(NCc3ccnc(F)c3)nc(Nc3ccc(F)cc3)n2)cc1. The van der Waals surface area contributed by atoms with E-state index in [4.69, 9.17) is 0 Å². The molecule has 2 aromatic heterocycles. The van der Waals surface area contributed by atoms with E-state index in [1.807, 2.05) is 0 Å². The number of halogens is 4. The van der Waals surface area contributed by atoms with Crippen LogP contribution in [0.4, 0.5) is 42.4 Å². The van der Waals surface area contributed by atoms with Crippen molar-refractivity contribution in [3.63, 3.8) is 0 Å². The summed E-state index contributed by atoms with van der Waals surface area (Å²) in [7, 11) is 0. The number of hydrogen-bond donors (Lipinski definition) is 3. The van der Waals surface area contributed by atoms with Crippen LogP contribution >= 0.6 is 12.4 Å². The monoisotopic (exact) mass is 459 g/mol. The Balaban J connectivity index is 0.00000289. The second kappa shape index (κ2) is 10.4. The van der Waals surface area contributed by atoms with E-state index in [0.717, 1.165) is 0 Å². The molecule has 0 saturated heterocycles. The lowest BCUT2D eigenvalue weighted by Gasteiger charge is -2.11. The quantitative estimate of drug-likeness (QED) is 0.327. The van der Waals surface area contributed by atoms with Gasteiger partial charge in [0.1, 0.15) is 11.6 Å². The third-order valence-corrected chi connectivity index (χ3v) is 4.08. The van der Waals surface area contributed by atoms with Gasteiger partial charge in [-0.05, 0) is 66.2 Å². The van der Waals surface area contributed by atoms with E-state index >= 15 is 0 Å². The van der Waals surface area contributed by atoms with Gasteiger partial charge in [0.15, 0.2) is 0 Å². The minimum absolute atomic E-state index is 0. The van der Waals surface area contributed by atoms with Crippen molar-refractivity contribution >= 4 is 41.6 Å². The minimum atomic E-state index is -0.590. The maximum Gasteiger partial charge on any atom is 0.233 e. The fraction of sp³-hybridized carbons (Fsp3) is 0.0476. The average Bonchev–Trinajstić information content (AvgIpc) is 2.76. The molecule has 0 spiro atoms. The molecule has 0 aliphatic heterocycles. The fourth-order valence-electron chi connectivity index (χ4n) is 2.63. The van der Waals surface area contributed by atoms with Crippen molar-refractivity contribution in [1.29, 1.82) is 0 Å². The molecule has 0 bridgehead atoms. The second-order valence-electron chi connectivity index (χ2n) is 6.41. The molecule has 3 N–H and O–H groups in total. The maximum absolute atomic E-state index is 13.3. The predicted molar refractivity (Wildman–Crippen MR) is 118 cm³/mol. The summed E-state index contributed by atoms with van der Waals surface area (Å²) >= 11 is 0. The van der Waals surface area contributed by atoms with Crippen molar-refractivity contribution in [3.8, 4) is 0 Å². The number of anilines is 5. The zero-order valence-electron chi connectivity index (χ0n) is 16.4. The van der Waals surface area contributed by atoms with Gasteiger partial charge in [-0.2, -0.15) is 19.3 Å². The van der Waals surface area contributed by atoms with Crippen LogP contribution in [-0.4, -0.2) is 19.9 Å². The summed E-state index contributed by atoms with van der Waals surface area (Å²) in [5.74, 6) is -0.739. The van der Waals surface area contributed by atoms with Crippen molar-refractivity contribution in [2.45, 2.75) is 6.54 Å². The maximum atomic E-state index is 13.3. The van der Waals surface area contributed by atoms with Gasteiger partial charge in [0.2, 0.25) is 23.8 Å². The summed E-state index contributed by atoms with van der Waals surface area (Å²) in [6, 6.07) is 14.3. The van der Waals surface area contributed by atoms with Crippen LogP contribution in [0.2, 0.25) is 0 Å². The van der Waals surface area contributed by atoms with Gasteiger partial charge in [-0.3, -0.25) is 0 Å². The van der Waals surface area contributed by atoms with Crippen LogP contribution in [0.3, 0.4) is 0 Å². The van der Waals surface area contributed by atoms with E-state index in [2.05, 4.69) is 35.9 Å². The molecule has 11 heteroatoms. The molecule has 7 nitrogen and oxygen atoms in total. The van der Waals surface area contributed by atoms with E-state index in [1.54, 1.807) is 30.3 Å². The summed E-state index contributed by atoms with van der Waals surface area (Å²) < 4.78 is 39.6. The van der Waals surface area contributed by atoms with Gasteiger partial charge >= 0.3 is 0 Å². The molecule has 0 fully saturated rings. The lowest BCUT2D eigenvalue weighted by atomic mass is 10.3. The second-order valence-corrected chi connectivity index (χ2v) is 6.41. The number of rotatable bonds is 7. The van der Waals surface area contributed by atoms with Crippen molar-refractivity contribution in [3.05, 3.63) is 90.0 Å². The summed E-state index contributed by atoms with van der Waals surface area (Å²) in [4.78, 5) is 16.4. The Hall–Kier alpha value is -3.92. The van der Waals surface area contributed by atoms with Crippen LogP contribution in [0, 0.1) is 17.6 Å². The lowest BCUT2D eigenvalue weighted by Crippen LogP contribution is -2.10. The first kappa shape index (κ1) is 22.8. The topological polar surface area (TPSA) is 87.7 Å². The summed E-state index contributed by atoms with van der Waals surface area (Å²) in [6.45, 7) is 0.245. The van der Waals surface area contributed by atoms with Gasteiger partial charge in [0.05, 0.1) is 0 Å². The number of nitrogens with zero attached hydrogens (tertiary/aromatic N) is 4. The third-order valence-electron chi connectivity index (χ3n) is 4.08. The normalized spacial score (nSPS) is 10.2. The van der Waals surface area contributed by atoms with E-state index in [1.165, 1.54) is 36.5 Å². The van der Waals surface area contributed by atoms with Crippen LogP contribution in [-0.2, 0) is 6.54 Å². The first-order valence-electron chi connectivity index (χ1n) is 9.19. The zero-order valence-corrected chi connectivity index (χ0v) is 17.2. The predicted octanol–water partition coefficient (Wildman–Crippen LogP) is 5.21. The van der Waals surface area contributed by atoms with Crippen molar-refractivity contribution in [2.24, 2.45) is 0 Å². The van der Waals surface area contributed by atoms with Crippen LogP contribution < -0.4 is 16.0 Å². The van der Waals surface area contributed by atoms with Crippen LogP contribution in [0.1, 0.15) is 5.56 Å². The number of hydrogen-bond acceptors (Lipinski definition) is 7. The van der Waals surface area contributed by atoms with E-state index in [0.29, 0.717) is 16.9 Å². The molecule has 0 aliphatic rings. The summed E-state index contributed by atoms with van der Waals surface area (Å²) in [5, 5.41) is 8.95. The van der Waals surface area contributed by atoms with Gasteiger partial charge in [-0.25, -0.2) is 13.8 Å². The molecular weight excluding hydrogens is 443 g/mol. The molecule has 0 radical (unpaired) electrons. The molecule has 4 rings (SSSR count). The van der Waals surface area contributed by atoms with Crippen LogP contribution in [0.5, 0.6) is 0 Å². The van der Waals surface area contributed by atoms with Crippen molar-refractivity contribution in [2.75, 3.05) is 16.0 Å². The summed E-state index contributed by atoms with van der Waals surface area (Å²) in [6.07, 6.45) is 1.36. The Morgan fingerprint density at radius 1 is 0.656 bits per heavy atom. The molecule has 4 aromatic rings. The minimum Gasteiger partial charge on any atom is -0.350 e. The highest BCUT2D eigenvalue weighted by Gasteiger charge is 2.09. The van der Waals surface area contributed by atoms with E-state index in [9.17, 15) is 13.2 Å². The summed E-state index contributed by atoms with van der Waals surface area (Å²) in [5.41, 5.74) is 1.79. The first-order valence-corrected chi connectivity index (χ1v) is 9.19. The highest BCUT2D eigenvalue weighted by molar-refractivity contribution is 5.85. The molecular formula is C21H17ClF3N7. The highest BCUT2D eigenvalue weighted by Crippen LogP contribution is 2.19. The smallest absolute Gasteiger partial charge is 0.233 e. The third kappa shape index (κ3) is 6.29. The van der Waals surface area contributed by atoms with Gasteiger partial charge < -0.3 is 16.0 Å². The Bertz CT molecular complexity index is 1110. The number of aromatic nitrogens is 4. The fourth-order valence-corrected chi connectivity index (χ4v) is 2.63. The molecule has 2 heterocycles. The molecule has 0 atom stereocenters. The molecule has 2 aromatic carbocycles. The Kier molecular flexibility index (Phi) is 7.40. The molecule has 32 heavy (non-hydrogen) atoms. The van der Waals surface area contributed by atoms with Gasteiger partial charge in [-0.1, -0.05) is 0 Å². The molecule has 0 amide bonds. The lowest BCUT2D eigenvalue weighted by molar-refractivity contribution is 0.581. The Labute approximate surface area is 187 Å². The van der Waals surface area contributed by atoms with Gasteiger partial charge in [-0.15, -0.1) is 12.4 Å². The largest absolute Gasteiger partial charge is 0.350 e. The van der Waals surface area contributed by atoms with Gasteiger partial charge in [0, 0.05) is 24.1 Å². The molecule has 164 valence electrons. The van der Waals surface area contributed by atoms with Crippen molar-refractivity contribution in [1.82, 2.24) is 19.9 Å². The standard InChI is InChI=1S/C21H16F3N7.ClH/c22-14-1-5-16(6-2-14)27-20-29-19(26-12-13-9-10-25-18(24)11-13)30-21(31-20)28-17-7-3-15(23)4-8-17;/h1-11H,12H2,(H3,26,27,28,29,30,31);1H. The van der Waals surface area contributed by atoms with Crippen molar-refractivity contribution < 1.29 is 13.2 Å². The molecule has 0 saturated carbocycles. The van der Waals surface area contributed by atoms with Crippen LogP contribution in [0.25, 0.3) is 0 Å². The van der Waals surface area contributed by atoms with E-state index < -0.39 is 5.95 Å².